The Morgan fingerprint density at radius 2 is 1.69 bits per heavy atom. The maximum Gasteiger partial charge on any atom is 0.307 e. The fourth-order valence-corrected chi connectivity index (χ4v) is 5.53. The topological polar surface area (TPSA) is 107 Å². The van der Waals surface area contributed by atoms with Gasteiger partial charge in [0, 0.05) is 33.3 Å². The summed E-state index contributed by atoms with van der Waals surface area (Å²) in [6.07, 6.45) is 1.37. The lowest BCUT2D eigenvalue weighted by Crippen LogP contribution is -2.21. The molecule has 0 aliphatic rings. The Kier molecular flexibility index (Phi) is 10.1. The first-order chi connectivity index (χ1) is 21.7. The first kappa shape index (κ1) is 31.6. The molecule has 0 unspecified atom stereocenters. The predicted octanol–water partition coefficient (Wildman–Crippen LogP) is 7.77. The Morgan fingerprint density at radius 1 is 0.956 bits per heavy atom. The van der Waals surface area contributed by atoms with E-state index in [0.29, 0.717) is 38.0 Å². The molecule has 0 fully saturated rings. The van der Waals surface area contributed by atoms with E-state index in [1.54, 1.807) is 24.3 Å². The number of ether oxygens (including phenoxy) is 2. The number of hydrogen-bond acceptors (Lipinski definition) is 6. The molecule has 0 radical (unpaired) electrons. The van der Waals surface area contributed by atoms with Crippen molar-refractivity contribution in [3.63, 3.8) is 0 Å². The van der Waals surface area contributed by atoms with Crippen LogP contribution in [0.5, 0.6) is 11.5 Å². The second-order valence-corrected chi connectivity index (χ2v) is 11.4. The van der Waals surface area contributed by atoms with E-state index in [2.05, 4.69) is 62.3 Å². The molecule has 2 N–H and O–H groups in total. The van der Waals surface area contributed by atoms with Gasteiger partial charge in [-0.15, -0.1) is 0 Å². The average molecular weight is 690 g/mol. The molecule has 230 valence electrons. The molecule has 0 bridgehead atoms. The number of aromatic nitrogens is 1. The summed E-state index contributed by atoms with van der Waals surface area (Å²) in [5.41, 5.74) is 7.86. The van der Waals surface area contributed by atoms with Gasteiger partial charge in [0.05, 0.1) is 10.7 Å². The van der Waals surface area contributed by atoms with Crippen LogP contribution in [0.15, 0.2) is 98.9 Å². The molecule has 9 nitrogen and oxygen atoms in total. The standard InChI is InChI=1S/C34H30BrClN4O5/c1-21-6-4-5-7-30(21)38-32(41)20-44-33-24(16-25(36)17-29(33)35)18-37-39-34(42)31-15-14-28(45-31)19-43-27-12-10-26(11-13-27)40-22(2)8-9-23(40)3/h4-18H,19-20H2,1-3H3,(H,38,41)(H,39,42)/b37-18+. The minimum atomic E-state index is -0.555. The molecule has 0 aliphatic carbocycles. The number of carbonyl (C=O) groups excluding carboxylic acids is 2. The number of carbonyl (C=O) groups is 2. The van der Waals surface area contributed by atoms with Crippen LogP contribution in [-0.2, 0) is 11.4 Å². The normalized spacial score (nSPS) is 11.0. The molecule has 5 rings (SSSR count). The van der Waals surface area contributed by atoms with Gasteiger partial charge in [-0.1, -0.05) is 29.8 Å². The highest BCUT2D eigenvalue weighted by Gasteiger charge is 2.14. The van der Waals surface area contributed by atoms with Crippen molar-refractivity contribution in [1.82, 2.24) is 9.99 Å². The van der Waals surface area contributed by atoms with Crippen LogP contribution in [0, 0.1) is 20.8 Å². The van der Waals surface area contributed by atoms with Crippen molar-refractivity contribution >= 4 is 51.2 Å². The van der Waals surface area contributed by atoms with Crippen LogP contribution in [0.3, 0.4) is 0 Å². The zero-order valence-corrected chi connectivity index (χ0v) is 27.1. The Hall–Kier alpha value is -4.80. The highest BCUT2D eigenvalue weighted by atomic mass is 79.9. The second kappa shape index (κ2) is 14.3. The van der Waals surface area contributed by atoms with Crippen molar-refractivity contribution < 1.29 is 23.5 Å². The van der Waals surface area contributed by atoms with Gasteiger partial charge in [0.1, 0.15) is 23.9 Å². The number of amides is 2. The number of nitrogens with zero attached hydrogens (tertiary/aromatic N) is 2. The number of furan rings is 1. The van der Waals surface area contributed by atoms with E-state index >= 15 is 0 Å². The van der Waals surface area contributed by atoms with E-state index in [1.807, 2.05) is 55.5 Å². The third-order valence-electron chi connectivity index (χ3n) is 6.81. The maximum atomic E-state index is 12.7. The van der Waals surface area contributed by atoms with Crippen molar-refractivity contribution in [2.45, 2.75) is 27.4 Å². The summed E-state index contributed by atoms with van der Waals surface area (Å²) in [5, 5.41) is 7.26. The summed E-state index contributed by atoms with van der Waals surface area (Å²) in [5.74, 6) is 0.660. The molecule has 45 heavy (non-hydrogen) atoms. The Bertz CT molecular complexity index is 1840. The van der Waals surface area contributed by atoms with E-state index in [-0.39, 0.29) is 24.9 Å². The van der Waals surface area contributed by atoms with Crippen LogP contribution in [0.1, 0.15) is 38.8 Å². The van der Waals surface area contributed by atoms with Gasteiger partial charge < -0.3 is 23.8 Å². The van der Waals surface area contributed by atoms with Gasteiger partial charge >= 0.3 is 5.91 Å². The van der Waals surface area contributed by atoms with Gasteiger partial charge in [0.25, 0.3) is 5.91 Å². The zero-order chi connectivity index (χ0) is 31.9. The molecule has 3 aromatic carbocycles. The Labute approximate surface area is 273 Å². The molecule has 2 aromatic heterocycles. The highest BCUT2D eigenvalue weighted by Crippen LogP contribution is 2.32. The molecule has 0 spiro atoms. The summed E-state index contributed by atoms with van der Waals surface area (Å²) >= 11 is 9.64. The van der Waals surface area contributed by atoms with Gasteiger partial charge in [-0.3, -0.25) is 9.59 Å². The first-order valence-electron chi connectivity index (χ1n) is 14.0. The highest BCUT2D eigenvalue weighted by molar-refractivity contribution is 9.10. The van der Waals surface area contributed by atoms with Crippen molar-refractivity contribution in [2.24, 2.45) is 5.10 Å². The average Bonchev–Trinajstić information content (AvgIpc) is 3.63. The van der Waals surface area contributed by atoms with Crippen LogP contribution in [0.2, 0.25) is 5.02 Å². The molecule has 0 aliphatic heterocycles. The minimum Gasteiger partial charge on any atom is -0.486 e. The molecular weight excluding hydrogens is 660 g/mol. The van der Waals surface area contributed by atoms with Crippen molar-refractivity contribution in [2.75, 3.05) is 11.9 Å². The fraction of sp³-hybridized carbons (Fsp3) is 0.147. The number of halogens is 2. The molecule has 0 saturated carbocycles. The maximum absolute atomic E-state index is 12.7. The lowest BCUT2D eigenvalue weighted by Gasteiger charge is -2.13. The lowest BCUT2D eigenvalue weighted by molar-refractivity contribution is -0.118. The van der Waals surface area contributed by atoms with E-state index in [0.717, 1.165) is 22.6 Å². The largest absolute Gasteiger partial charge is 0.486 e. The number of benzene rings is 3. The molecule has 11 heteroatoms. The van der Waals surface area contributed by atoms with Crippen LogP contribution < -0.4 is 20.2 Å². The summed E-state index contributed by atoms with van der Waals surface area (Å²) < 4.78 is 20.0. The summed E-state index contributed by atoms with van der Waals surface area (Å²) in [4.78, 5) is 25.2. The number of para-hydroxylation sites is 1. The Balaban J connectivity index is 1.16. The minimum absolute atomic E-state index is 0.0660. The lowest BCUT2D eigenvalue weighted by atomic mass is 10.2. The second-order valence-electron chi connectivity index (χ2n) is 10.2. The number of hydrogen-bond donors (Lipinski definition) is 2. The summed E-state index contributed by atoms with van der Waals surface area (Å²) in [6.45, 7) is 5.92. The molecular formula is C34H30BrClN4O5. The van der Waals surface area contributed by atoms with Gasteiger partial charge in [-0.2, -0.15) is 5.10 Å². The van der Waals surface area contributed by atoms with Crippen LogP contribution in [-0.4, -0.2) is 29.2 Å². The fourth-order valence-electron chi connectivity index (χ4n) is 4.58. The van der Waals surface area contributed by atoms with Crippen molar-refractivity contribution in [3.8, 4) is 17.2 Å². The van der Waals surface area contributed by atoms with Crippen LogP contribution in [0.4, 0.5) is 5.69 Å². The van der Waals surface area contributed by atoms with Crippen molar-refractivity contribution in [3.05, 3.63) is 128 Å². The zero-order valence-electron chi connectivity index (χ0n) is 24.8. The van der Waals surface area contributed by atoms with Crippen LogP contribution >= 0.6 is 27.5 Å². The summed E-state index contributed by atoms with van der Waals surface area (Å²) in [6, 6.07) is 25.8. The van der Waals surface area contributed by atoms with Gasteiger partial charge in [0.15, 0.2) is 12.4 Å². The van der Waals surface area contributed by atoms with E-state index in [1.165, 1.54) is 6.21 Å². The van der Waals surface area contributed by atoms with Crippen LogP contribution in [0.25, 0.3) is 5.69 Å². The van der Waals surface area contributed by atoms with E-state index in [4.69, 9.17) is 25.5 Å². The molecule has 2 amide bonds. The molecule has 5 aromatic rings. The first-order valence-corrected chi connectivity index (χ1v) is 15.1. The summed E-state index contributed by atoms with van der Waals surface area (Å²) in [7, 11) is 0. The molecule has 2 heterocycles. The third kappa shape index (κ3) is 8.03. The van der Waals surface area contributed by atoms with E-state index in [9.17, 15) is 9.59 Å². The SMILES string of the molecule is Cc1ccccc1NC(=O)COc1c(Br)cc(Cl)cc1/C=N/NC(=O)c1ccc(COc2ccc(-n3c(C)ccc3C)cc2)o1. The number of rotatable bonds is 11. The number of anilines is 1. The number of nitrogens with one attached hydrogen (secondary N) is 2. The van der Waals surface area contributed by atoms with Gasteiger partial charge in [-0.05, 0) is 109 Å². The molecule has 0 saturated heterocycles. The Morgan fingerprint density at radius 3 is 2.42 bits per heavy atom. The third-order valence-corrected chi connectivity index (χ3v) is 7.61. The van der Waals surface area contributed by atoms with Gasteiger partial charge in [-0.25, -0.2) is 5.43 Å². The number of aryl methyl sites for hydroxylation is 3. The quantitative estimate of drug-likeness (QED) is 0.109. The monoisotopic (exact) mass is 688 g/mol. The smallest absolute Gasteiger partial charge is 0.307 e. The predicted molar refractivity (Wildman–Crippen MR) is 178 cm³/mol. The molecule has 0 atom stereocenters. The van der Waals surface area contributed by atoms with E-state index < -0.39 is 5.91 Å². The number of hydrazone groups is 1. The van der Waals surface area contributed by atoms with Gasteiger partial charge in [0.2, 0.25) is 0 Å². The van der Waals surface area contributed by atoms with Crippen molar-refractivity contribution in [1.29, 1.82) is 0 Å².